The Morgan fingerprint density at radius 3 is 2.45 bits per heavy atom. The van der Waals surface area contributed by atoms with Crippen LogP contribution >= 0.6 is 11.8 Å². The molecular weight excluding hydrogens is 330 g/mol. The molecule has 0 radical (unpaired) electrons. The lowest BCUT2D eigenvalue weighted by Gasteiger charge is -2.11. The van der Waals surface area contributed by atoms with Crippen LogP contribution in [0.4, 0.5) is 14.5 Å². The van der Waals surface area contributed by atoms with Crippen LogP contribution in [0.3, 0.4) is 0 Å². The fourth-order valence-corrected chi connectivity index (χ4v) is 3.33. The van der Waals surface area contributed by atoms with E-state index in [1.165, 1.54) is 6.07 Å². The summed E-state index contributed by atoms with van der Waals surface area (Å²) in [6, 6.07) is 7.10. The van der Waals surface area contributed by atoms with Crippen molar-refractivity contribution in [2.75, 3.05) is 4.72 Å². The Hall–Kier alpha value is -2.11. The SMILES string of the molecule is Cc1cc(SC#N)ccc1NS(=O)(=O)c1ccc(F)c(F)c1. The summed E-state index contributed by atoms with van der Waals surface area (Å²) < 4.78 is 52.7. The van der Waals surface area contributed by atoms with Gasteiger partial charge in [0.2, 0.25) is 0 Å². The van der Waals surface area contributed by atoms with Gasteiger partial charge in [-0.2, -0.15) is 5.26 Å². The zero-order chi connectivity index (χ0) is 16.3. The number of benzene rings is 2. The lowest BCUT2D eigenvalue weighted by Crippen LogP contribution is -2.14. The van der Waals surface area contributed by atoms with Gasteiger partial charge in [0, 0.05) is 4.90 Å². The normalized spacial score (nSPS) is 11.0. The van der Waals surface area contributed by atoms with E-state index in [9.17, 15) is 17.2 Å². The largest absolute Gasteiger partial charge is 0.279 e. The lowest BCUT2D eigenvalue weighted by molar-refractivity contribution is 0.504. The molecule has 0 aliphatic heterocycles. The van der Waals surface area contributed by atoms with Gasteiger partial charge in [-0.3, -0.25) is 4.72 Å². The fourth-order valence-electron chi connectivity index (χ4n) is 1.71. The lowest BCUT2D eigenvalue weighted by atomic mass is 10.2. The van der Waals surface area contributed by atoms with Crippen molar-refractivity contribution < 1.29 is 17.2 Å². The fraction of sp³-hybridized carbons (Fsp3) is 0.0714. The van der Waals surface area contributed by atoms with E-state index in [0.29, 0.717) is 22.2 Å². The molecule has 0 bridgehead atoms. The van der Waals surface area contributed by atoms with Crippen LogP contribution in [-0.4, -0.2) is 8.42 Å². The van der Waals surface area contributed by atoms with E-state index >= 15 is 0 Å². The molecule has 0 fully saturated rings. The van der Waals surface area contributed by atoms with E-state index in [0.717, 1.165) is 23.9 Å². The number of thioether (sulfide) groups is 1. The van der Waals surface area contributed by atoms with Crippen molar-refractivity contribution >= 4 is 27.5 Å². The maximum Gasteiger partial charge on any atom is 0.262 e. The molecule has 0 aliphatic rings. The number of hydrogen-bond acceptors (Lipinski definition) is 4. The Morgan fingerprint density at radius 1 is 1.14 bits per heavy atom. The number of sulfonamides is 1. The van der Waals surface area contributed by atoms with Gasteiger partial charge in [-0.1, -0.05) is 0 Å². The van der Waals surface area contributed by atoms with Gasteiger partial charge >= 0.3 is 0 Å². The smallest absolute Gasteiger partial charge is 0.262 e. The highest BCUT2D eigenvalue weighted by molar-refractivity contribution is 8.03. The first-order valence-electron chi connectivity index (χ1n) is 5.98. The van der Waals surface area contributed by atoms with Gasteiger partial charge in [0.05, 0.1) is 10.6 Å². The van der Waals surface area contributed by atoms with Crippen LogP contribution in [0.1, 0.15) is 5.56 Å². The second kappa shape index (κ2) is 6.34. The van der Waals surface area contributed by atoms with Crippen LogP contribution in [0, 0.1) is 29.2 Å². The molecule has 0 saturated carbocycles. The van der Waals surface area contributed by atoms with Gasteiger partial charge in [0.1, 0.15) is 5.40 Å². The number of nitrogens with one attached hydrogen (secondary N) is 1. The van der Waals surface area contributed by atoms with Gasteiger partial charge in [-0.15, -0.1) is 0 Å². The third-order valence-corrected chi connectivity index (χ3v) is 4.75. The van der Waals surface area contributed by atoms with Gasteiger partial charge in [0.25, 0.3) is 10.0 Å². The Morgan fingerprint density at radius 2 is 1.86 bits per heavy atom. The topological polar surface area (TPSA) is 70.0 Å². The van der Waals surface area contributed by atoms with Crippen LogP contribution in [0.25, 0.3) is 0 Å². The van der Waals surface area contributed by atoms with Crippen LogP contribution in [0.5, 0.6) is 0 Å². The van der Waals surface area contributed by atoms with Crippen molar-refractivity contribution in [3.05, 3.63) is 53.6 Å². The number of rotatable bonds is 4. The highest BCUT2D eigenvalue weighted by Gasteiger charge is 2.17. The van der Waals surface area contributed by atoms with Crippen LogP contribution in [0.2, 0.25) is 0 Å². The average molecular weight is 340 g/mol. The predicted molar refractivity (Wildman–Crippen MR) is 79.8 cm³/mol. The van der Waals surface area contributed by atoms with Crippen molar-refractivity contribution in [2.45, 2.75) is 16.7 Å². The number of halogens is 2. The molecule has 0 heterocycles. The van der Waals surface area contributed by atoms with Crippen molar-refractivity contribution in [3.63, 3.8) is 0 Å². The molecule has 4 nitrogen and oxygen atoms in total. The van der Waals surface area contributed by atoms with E-state index in [4.69, 9.17) is 5.26 Å². The van der Waals surface area contributed by atoms with Crippen molar-refractivity contribution in [1.29, 1.82) is 5.26 Å². The zero-order valence-electron chi connectivity index (χ0n) is 11.3. The molecular formula is C14H10F2N2O2S2. The summed E-state index contributed by atoms with van der Waals surface area (Å²) in [5, 5.41) is 10.5. The third kappa shape index (κ3) is 3.55. The molecule has 0 aliphatic carbocycles. The minimum atomic E-state index is -4.03. The maximum atomic E-state index is 13.2. The number of anilines is 1. The standard InChI is InChI=1S/C14H10F2N2O2S2/c1-9-6-10(21-8-17)2-5-14(9)18-22(19,20)11-3-4-12(15)13(16)7-11/h2-7,18H,1H3. The van der Waals surface area contributed by atoms with E-state index < -0.39 is 21.7 Å². The molecule has 0 spiro atoms. The summed E-state index contributed by atoms with van der Waals surface area (Å²) in [4.78, 5) is 0.303. The summed E-state index contributed by atoms with van der Waals surface area (Å²) in [7, 11) is -4.03. The van der Waals surface area contributed by atoms with E-state index in [-0.39, 0.29) is 4.90 Å². The Labute approximate surface area is 130 Å². The number of nitriles is 1. The molecule has 8 heteroatoms. The molecule has 2 aromatic rings. The number of aryl methyl sites for hydroxylation is 1. The quantitative estimate of drug-likeness (QED) is 0.681. The molecule has 0 atom stereocenters. The van der Waals surface area contributed by atoms with E-state index in [1.54, 1.807) is 19.1 Å². The molecule has 0 unspecified atom stereocenters. The molecule has 0 saturated heterocycles. The third-order valence-electron chi connectivity index (χ3n) is 2.81. The Kier molecular flexibility index (Phi) is 4.68. The first kappa shape index (κ1) is 16.3. The minimum Gasteiger partial charge on any atom is -0.279 e. The highest BCUT2D eigenvalue weighted by atomic mass is 32.2. The molecule has 114 valence electrons. The molecule has 22 heavy (non-hydrogen) atoms. The highest BCUT2D eigenvalue weighted by Crippen LogP contribution is 2.25. The van der Waals surface area contributed by atoms with Gasteiger partial charge in [0.15, 0.2) is 11.6 Å². The first-order chi connectivity index (χ1) is 10.3. The second-order valence-electron chi connectivity index (χ2n) is 4.35. The van der Waals surface area contributed by atoms with Gasteiger partial charge in [-0.25, -0.2) is 17.2 Å². The summed E-state index contributed by atoms with van der Waals surface area (Å²) in [5.41, 5.74) is 0.901. The van der Waals surface area contributed by atoms with Crippen LogP contribution in [-0.2, 0) is 10.0 Å². The minimum absolute atomic E-state index is 0.298. The molecule has 1 N–H and O–H groups in total. The average Bonchev–Trinajstić information content (AvgIpc) is 2.45. The van der Waals surface area contributed by atoms with Crippen LogP contribution in [0.15, 0.2) is 46.2 Å². The Bertz CT molecular complexity index is 862. The summed E-state index contributed by atoms with van der Waals surface area (Å²) in [5.74, 6) is -2.35. The zero-order valence-corrected chi connectivity index (χ0v) is 12.9. The molecule has 2 aromatic carbocycles. The van der Waals surface area contributed by atoms with E-state index in [1.807, 2.05) is 5.40 Å². The van der Waals surface area contributed by atoms with Gasteiger partial charge < -0.3 is 0 Å². The molecule has 0 aromatic heterocycles. The summed E-state index contributed by atoms with van der Waals surface area (Å²) in [6.45, 7) is 1.67. The Balaban J connectivity index is 2.32. The predicted octanol–water partition coefficient (Wildman–Crippen LogP) is 3.65. The van der Waals surface area contributed by atoms with Crippen molar-refractivity contribution in [3.8, 4) is 5.40 Å². The monoisotopic (exact) mass is 340 g/mol. The first-order valence-corrected chi connectivity index (χ1v) is 8.28. The summed E-state index contributed by atoms with van der Waals surface area (Å²) in [6.07, 6.45) is 0. The number of hydrogen-bond donors (Lipinski definition) is 1. The summed E-state index contributed by atoms with van der Waals surface area (Å²) >= 11 is 0.953. The van der Waals surface area contributed by atoms with Crippen molar-refractivity contribution in [1.82, 2.24) is 0 Å². The van der Waals surface area contributed by atoms with Gasteiger partial charge in [-0.05, 0) is 60.6 Å². The molecule has 0 amide bonds. The van der Waals surface area contributed by atoms with Crippen molar-refractivity contribution in [2.24, 2.45) is 0 Å². The molecule has 2 rings (SSSR count). The van der Waals surface area contributed by atoms with E-state index in [2.05, 4.69) is 4.72 Å². The second-order valence-corrected chi connectivity index (χ2v) is 6.89. The maximum absolute atomic E-state index is 13.2. The number of nitrogens with zero attached hydrogens (tertiary/aromatic N) is 1. The number of thiocyanates is 1. The van der Waals surface area contributed by atoms with Crippen LogP contribution < -0.4 is 4.72 Å².